The van der Waals surface area contributed by atoms with Crippen LogP contribution in [0.5, 0.6) is 5.75 Å². The van der Waals surface area contributed by atoms with Gasteiger partial charge < -0.3 is 19.5 Å². The van der Waals surface area contributed by atoms with E-state index in [9.17, 15) is 9.18 Å². The first-order valence-corrected chi connectivity index (χ1v) is 7.30. The molecule has 0 bridgehead atoms. The first kappa shape index (κ1) is 15.3. The van der Waals surface area contributed by atoms with Gasteiger partial charge in [0.2, 0.25) is 5.89 Å². The first-order chi connectivity index (χ1) is 11.0. The molecule has 1 N–H and O–H groups in total. The number of rotatable bonds is 2. The minimum atomic E-state index is -0.392. The fourth-order valence-electron chi connectivity index (χ4n) is 2.37. The van der Waals surface area contributed by atoms with E-state index in [1.807, 2.05) is 0 Å². The molecule has 1 aliphatic rings. The second-order valence-electron chi connectivity index (χ2n) is 5.36. The number of aromatic nitrogens is 2. The highest BCUT2D eigenvalue weighted by Crippen LogP contribution is 2.24. The SMILES string of the molecule is Cc1nc(C(C)NC(=O)N2CCOc3ccc(F)cc3C2)no1. The van der Waals surface area contributed by atoms with Gasteiger partial charge in [-0.1, -0.05) is 5.16 Å². The number of carbonyl (C=O) groups is 1. The summed E-state index contributed by atoms with van der Waals surface area (Å²) in [6.45, 7) is 4.48. The van der Waals surface area contributed by atoms with Crippen LogP contribution >= 0.6 is 0 Å². The summed E-state index contributed by atoms with van der Waals surface area (Å²) in [4.78, 5) is 18.1. The van der Waals surface area contributed by atoms with Gasteiger partial charge in [0.25, 0.3) is 0 Å². The quantitative estimate of drug-likeness (QED) is 0.917. The topological polar surface area (TPSA) is 80.5 Å². The van der Waals surface area contributed by atoms with Crippen molar-refractivity contribution >= 4 is 6.03 Å². The van der Waals surface area contributed by atoms with Crippen molar-refractivity contribution < 1.29 is 18.4 Å². The number of hydrogen-bond acceptors (Lipinski definition) is 5. The molecular weight excluding hydrogens is 303 g/mol. The Morgan fingerprint density at radius 3 is 3.04 bits per heavy atom. The van der Waals surface area contributed by atoms with Crippen LogP contribution in [0.15, 0.2) is 22.7 Å². The number of nitrogens with one attached hydrogen (secondary N) is 1. The fourth-order valence-corrected chi connectivity index (χ4v) is 2.37. The summed E-state index contributed by atoms with van der Waals surface area (Å²) in [6.07, 6.45) is 0. The van der Waals surface area contributed by atoms with Crippen LogP contribution in [0.3, 0.4) is 0 Å². The molecule has 7 nitrogen and oxygen atoms in total. The summed E-state index contributed by atoms with van der Waals surface area (Å²) in [5.74, 6) is 1.09. The van der Waals surface area contributed by atoms with E-state index in [-0.39, 0.29) is 18.4 Å². The lowest BCUT2D eigenvalue weighted by atomic mass is 10.2. The van der Waals surface area contributed by atoms with Crippen molar-refractivity contribution in [2.75, 3.05) is 13.2 Å². The second-order valence-corrected chi connectivity index (χ2v) is 5.36. The third-order valence-corrected chi connectivity index (χ3v) is 3.56. The number of fused-ring (bicyclic) bond motifs is 1. The maximum absolute atomic E-state index is 13.4. The molecule has 1 atom stereocenters. The van der Waals surface area contributed by atoms with Crippen molar-refractivity contribution in [3.63, 3.8) is 0 Å². The predicted octanol–water partition coefficient (Wildman–Crippen LogP) is 2.18. The molecule has 1 aromatic heterocycles. The van der Waals surface area contributed by atoms with Crippen molar-refractivity contribution in [3.05, 3.63) is 41.3 Å². The highest BCUT2D eigenvalue weighted by molar-refractivity contribution is 5.74. The lowest BCUT2D eigenvalue weighted by molar-refractivity contribution is 0.184. The van der Waals surface area contributed by atoms with Crippen LogP contribution in [0, 0.1) is 12.7 Å². The van der Waals surface area contributed by atoms with Gasteiger partial charge in [0.1, 0.15) is 18.2 Å². The Balaban J connectivity index is 1.70. The van der Waals surface area contributed by atoms with Crippen LogP contribution in [-0.4, -0.2) is 34.2 Å². The van der Waals surface area contributed by atoms with Gasteiger partial charge in [-0.3, -0.25) is 0 Å². The Morgan fingerprint density at radius 2 is 2.30 bits per heavy atom. The largest absolute Gasteiger partial charge is 0.491 e. The van der Waals surface area contributed by atoms with Gasteiger partial charge in [0, 0.05) is 12.5 Å². The van der Waals surface area contributed by atoms with Crippen molar-refractivity contribution in [1.82, 2.24) is 20.4 Å². The lowest BCUT2D eigenvalue weighted by Crippen LogP contribution is -2.41. The molecule has 122 valence electrons. The molecular formula is C15H17FN4O3. The number of urea groups is 1. The van der Waals surface area contributed by atoms with Crippen molar-refractivity contribution in [2.45, 2.75) is 26.4 Å². The normalized spacial score (nSPS) is 15.3. The Bertz CT molecular complexity index is 718. The number of ether oxygens (including phenoxy) is 1. The molecule has 1 unspecified atom stereocenters. The summed E-state index contributed by atoms with van der Waals surface area (Å²) in [7, 11) is 0. The van der Waals surface area contributed by atoms with Gasteiger partial charge in [-0.25, -0.2) is 9.18 Å². The number of nitrogens with zero attached hydrogens (tertiary/aromatic N) is 3. The minimum Gasteiger partial charge on any atom is -0.491 e. The molecule has 2 amide bonds. The van der Waals surface area contributed by atoms with Crippen LogP contribution in [0.4, 0.5) is 9.18 Å². The maximum atomic E-state index is 13.4. The zero-order valence-corrected chi connectivity index (χ0v) is 12.9. The van der Waals surface area contributed by atoms with Gasteiger partial charge in [-0.15, -0.1) is 0 Å². The Kier molecular flexibility index (Phi) is 4.14. The lowest BCUT2D eigenvalue weighted by Gasteiger charge is -2.22. The van der Waals surface area contributed by atoms with E-state index in [1.54, 1.807) is 24.8 Å². The number of carbonyl (C=O) groups excluding carboxylic acids is 1. The monoisotopic (exact) mass is 320 g/mol. The van der Waals surface area contributed by atoms with Crippen LogP contribution in [-0.2, 0) is 6.54 Å². The number of amides is 2. The van der Waals surface area contributed by atoms with E-state index in [4.69, 9.17) is 9.26 Å². The van der Waals surface area contributed by atoms with Gasteiger partial charge >= 0.3 is 6.03 Å². The Labute approximate surface area is 132 Å². The molecule has 1 aliphatic heterocycles. The Morgan fingerprint density at radius 1 is 1.48 bits per heavy atom. The Hall–Kier alpha value is -2.64. The number of aryl methyl sites for hydroxylation is 1. The molecule has 2 aromatic rings. The van der Waals surface area contributed by atoms with Gasteiger partial charge in [-0.05, 0) is 25.1 Å². The predicted molar refractivity (Wildman–Crippen MR) is 78.3 cm³/mol. The third kappa shape index (κ3) is 3.41. The smallest absolute Gasteiger partial charge is 0.318 e. The third-order valence-electron chi connectivity index (χ3n) is 3.56. The summed E-state index contributed by atoms with van der Waals surface area (Å²) >= 11 is 0. The van der Waals surface area contributed by atoms with E-state index in [2.05, 4.69) is 15.5 Å². The van der Waals surface area contributed by atoms with Crippen molar-refractivity contribution in [2.24, 2.45) is 0 Å². The van der Waals surface area contributed by atoms with E-state index in [0.29, 0.717) is 36.2 Å². The molecule has 0 fully saturated rings. The zero-order chi connectivity index (χ0) is 16.4. The molecule has 8 heteroatoms. The van der Waals surface area contributed by atoms with Crippen LogP contribution in [0.2, 0.25) is 0 Å². The minimum absolute atomic E-state index is 0.275. The van der Waals surface area contributed by atoms with Crippen molar-refractivity contribution in [1.29, 1.82) is 0 Å². The summed E-state index contributed by atoms with van der Waals surface area (Å²) in [5, 5.41) is 6.59. The standard InChI is InChI=1S/C15H17FN4O3/c1-9(14-18-10(2)23-19-14)17-15(21)20-5-6-22-13-4-3-12(16)7-11(13)8-20/h3-4,7,9H,5-6,8H2,1-2H3,(H,17,21). The second kappa shape index (κ2) is 6.23. The highest BCUT2D eigenvalue weighted by Gasteiger charge is 2.23. The van der Waals surface area contributed by atoms with Crippen LogP contribution < -0.4 is 10.1 Å². The summed E-state index contributed by atoms with van der Waals surface area (Å²) < 4.78 is 23.8. The molecule has 0 saturated carbocycles. The van der Waals surface area contributed by atoms with E-state index in [0.717, 1.165) is 0 Å². The zero-order valence-electron chi connectivity index (χ0n) is 12.9. The molecule has 0 aliphatic carbocycles. The number of benzene rings is 1. The van der Waals surface area contributed by atoms with Gasteiger partial charge in [0.15, 0.2) is 5.82 Å². The average molecular weight is 320 g/mol. The van der Waals surface area contributed by atoms with Crippen LogP contribution in [0.1, 0.15) is 30.2 Å². The van der Waals surface area contributed by atoms with Crippen molar-refractivity contribution in [3.8, 4) is 5.75 Å². The molecule has 0 spiro atoms. The van der Waals surface area contributed by atoms with Gasteiger partial charge in [0.05, 0.1) is 19.1 Å². The fraction of sp³-hybridized carbons (Fsp3) is 0.400. The average Bonchev–Trinajstić information content (AvgIpc) is 2.83. The molecule has 1 aromatic carbocycles. The number of hydrogen-bond donors (Lipinski definition) is 1. The van der Waals surface area contributed by atoms with E-state index in [1.165, 1.54) is 12.1 Å². The van der Waals surface area contributed by atoms with E-state index >= 15 is 0 Å². The molecule has 0 radical (unpaired) electrons. The van der Waals surface area contributed by atoms with E-state index < -0.39 is 6.04 Å². The summed E-state index contributed by atoms with van der Waals surface area (Å²) in [5.41, 5.74) is 0.640. The first-order valence-electron chi connectivity index (χ1n) is 7.30. The maximum Gasteiger partial charge on any atom is 0.318 e. The molecule has 3 rings (SSSR count). The number of halogens is 1. The molecule has 2 heterocycles. The molecule has 0 saturated heterocycles. The summed E-state index contributed by atoms with van der Waals surface area (Å²) in [6, 6.07) is 3.62. The van der Waals surface area contributed by atoms with Gasteiger partial charge in [-0.2, -0.15) is 4.98 Å². The van der Waals surface area contributed by atoms with Crippen LogP contribution in [0.25, 0.3) is 0 Å². The molecule has 23 heavy (non-hydrogen) atoms. The highest BCUT2D eigenvalue weighted by atomic mass is 19.1.